The lowest BCUT2D eigenvalue weighted by atomic mass is 10.2. The normalized spacial score (nSPS) is 9.96. The van der Waals surface area contributed by atoms with Crippen LogP contribution in [-0.4, -0.2) is 25.5 Å². The van der Waals surface area contributed by atoms with Crippen molar-refractivity contribution < 1.29 is 19.1 Å². The number of nitrogens with one attached hydrogen (secondary N) is 2. The van der Waals surface area contributed by atoms with Gasteiger partial charge in [-0.05, 0) is 65.9 Å². The topological polar surface area (TPSA) is 76.7 Å². The van der Waals surface area contributed by atoms with E-state index in [1.165, 1.54) is 0 Å². The molecule has 126 valence electrons. The summed E-state index contributed by atoms with van der Waals surface area (Å²) in [5, 5.41) is 0. The average Bonchev–Trinajstić information content (AvgIpc) is 2.59. The molecule has 0 aliphatic heterocycles. The number of amides is 2. The van der Waals surface area contributed by atoms with Gasteiger partial charge in [0, 0.05) is 11.1 Å². The summed E-state index contributed by atoms with van der Waals surface area (Å²) in [6, 6.07) is 11.7. The lowest BCUT2D eigenvalue weighted by Gasteiger charge is -2.10. The second-order valence-corrected chi connectivity index (χ2v) is 5.88. The number of halogens is 1. The van der Waals surface area contributed by atoms with E-state index in [0.29, 0.717) is 29.2 Å². The predicted octanol–water partition coefficient (Wildman–Crippen LogP) is 2.77. The first-order valence-corrected chi connectivity index (χ1v) is 8.30. The van der Waals surface area contributed by atoms with Gasteiger partial charge in [0.05, 0.1) is 17.3 Å². The molecule has 0 heterocycles. The third-order valence-electron chi connectivity index (χ3n) is 3.11. The van der Waals surface area contributed by atoms with E-state index in [9.17, 15) is 9.59 Å². The molecule has 0 aliphatic carbocycles. The zero-order chi connectivity index (χ0) is 17.5. The summed E-state index contributed by atoms with van der Waals surface area (Å²) >= 11 is 2.08. The molecule has 0 unspecified atom stereocenters. The van der Waals surface area contributed by atoms with Gasteiger partial charge in [0.25, 0.3) is 11.8 Å². The highest BCUT2D eigenvalue weighted by Crippen LogP contribution is 2.21. The Balaban J connectivity index is 1.99. The molecule has 0 bridgehead atoms. The molecule has 0 saturated heterocycles. The number of hydrogen-bond acceptors (Lipinski definition) is 4. The minimum Gasteiger partial charge on any atom is -0.496 e. The van der Waals surface area contributed by atoms with Gasteiger partial charge in [0.2, 0.25) is 0 Å². The molecule has 2 aromatic rings. The van der Waals surface area contributed by atoms with Crippen molar-refractivity contribution in [2.24, 2.45) is 0 Å². The summed E-state index contributed by atoms with van der Waals surface area (Å²) in [6.07, 6.45) is 0. The van der Waals surface area contributed by atoms with Gasteiger partial charge in [-0.15, -0.1) is 0 Å². The fraction of sp³-hybridized carbons (Fsp3) is 0.176. The molecule has 0 aliphatic rings. The Kier molecular flexibility index (Phi) is 6.42. The highest BCUT2D eigenvalue weighted by atomic mass is 127. The molecule has 7 heteroatoms. The van der Waals surface area contributed by atoms with Crippen LogP contribution in [0.2, 0.25) is 0 Å². The fourth-order valence-electron chi connectivity index (χ4n) is 1.96. The van der Waals surface area contributed by atoms with Crippen molar-refractivity contribution in [3.05, 3.63) is 57.2 Å². The van der Waals surface area contributed by atoms with Gasteiger partial charge in [0.1, 0.15) is 11.5 Å². The summed E-state index contributed by atoms with van der Waals surface area (Å²) in [6.45, 7) is 2.38. The number of carbonyl (C=O) groups excluding carboxylic acids is 2. The molecule has 2 amide bonds. The van der Waals surface area contributed by atoms with E-state index < -0.39 is 11.8 Å². The van der Waals surface area contributed by atoms with Crippen molar-refractivity contribution in [1.82, 2.24) is 10.9 Å². The Labute approximate surface area is 153 Å². The maximum atomic E-state index is 12.1. The minimum absolute atomic E-state index is 0.394. The third kappa shape index (κ3) is 4.60. The SMILES string of the molecule is CCOc1cccc(C(=O)NNC(=O)c2ccc(OC)c(I)c2)c1. The van der Waals surface area contributed by atoms with Gasteiger partial charge in [0.15, 0.2) is 0 Å². The molecule has 2 N–H and O–H groups in total. The van der Waals surface area contributed by atoms with Crippen molar-refractivity contribution in [3.63, 3.8) is 0 Å². The number of ether oxygens (including phenoxy) is 2. The summed E-state index contributed by atoms with van der Waals surface area (Å²) < 4.78 is 11.3. The molecule has 2 rings (SSSR count). The van der Waals surface area contributed by atoms with Crippen LogP contribution in [0.3, 0.4) is 0 Å². The average molecular weight is 440 g/mol. The van der Waals surface area contributed by atoms with Crippen LogP contribution in [0, 0.1) is 3.57 Å². The molecular formula is C17H17IN2O4. The van der Waals surface area contributed by atoms with Crippen molar-refractivity contribution in [2.45, 2.75) is 6.92 Å². The van der Waals surface area contributed by atoms with E-state index in [2.05, 4.69) is 33.4 Å². The fourth-order valence-corrected chi connectivity index (χ4v) is 2.69. The van der Waals surface area contributed by atoms with Crippen LogP contribution in [0.1, 0.15) is 27.6 Å². The van der Waals surface area contributed by atoms with Crippen molar-refractivity contribution in [2.75, 3.05) is 13.7 Å². The molecule has 0 spiro atoms. The van der Waals surface area contributed by atoms with Crippen LogP contribution in [0.25, 0.3) is 0 Å². The number of benzene rings is 2. The number of hydrazine groups is 1. The first kappa shape index (κ1) is 18.1. The first-order valence-electron chi connectivity index (χ1n) is 7.22. The molecule has 2 aromatic carbocycles. The molecule has 0 atom stereocenters. The predicted molar refractivity (Wildman–Crippen MR) is 98.3 cm³/mol. The van der Waals surface area contributed by atoms with Crippen LogP contribution < -0.4 is 20.3 Å². The van der Waals surface area contributed by atoms with Gasteiger partial charge in [-0.3, -0.25) is 20.4 Å². The largest absolute Gasteiger partial charge is 0.496 e. The van der Waals surface area contributed by atoms with Crippen molar-refractivity contribution >= 4 is 34.4 Å². The minimum atomic E-state index is -0.423. The summed E-state index contributed by atoms with van der Waals surface area (Å²) in [7, 11) is 1.56. The van der Waals surface area contributed by atoms with E-state index in [0.717, 1.165) is 3.57 Å². The van der Waals surface area contributed by atoms with Gasteiger partial charge in [-0.1, -0.05) is 6.07 Å². The molecule has 0 aromatic heterocycles. The van der Waals surface area contributed by atoms with Gasteiger partial charge in [-0.25, -0.2) is 0 Å². The Morgan fingerprint density at radius 3 is 2.29 bits per heavy atom. The van der Waals surface area contributed by atoms with E-state index in [1.54, 1.807) is 49.6 Å². The number of hydrogen-bond donors (Lipinski definition) is 2. The lowest BCUT2D eigenvalue weighted by molar-refractivity contribution is 0.0846. The molecule has 0 fully saturated rings. The van der Waals surface area contributed by atoms with Crippen LogP contribution in [0.5, 0.6) is 11.5 Å². The number of carbonyl (C=O) groups is 2. The van der Waals surface area contributed by atoms with Crippen LogP contribution >= 0.6 is 22.6 Å². The molecule has 0 saturated carbocycles. The Hall–Kier alpha value is -2.29. The molecule has 0 radical (unpaired) electrons. The zero-order valence-corrected chi connectivity index (χ0v) is 15.4. The van der Waals surface area contributed by atoms with Crippen LogP contribution in [-0.2, 0) is 0 Å². The number of rotatable bonds is 5. The van der Waals surface area contributed by atoms with Gasteiger partial charge < -0.3 is 9.47 Å². The monoisotopic (exact) mass is 440 g/mol. The van der Waals surface area contributed by atoms with E-state index in [-0.39, 0.29) is 0 Å². The smallest absolute Gasteiger partial charge is 0.269 e. The second-order valence-electron chi connectivity index (χ2n) is 4.72. The second kappa shape index (κ2) is 8.53. The quantitative estimate of drug-likeness (QED) is 0.554. The standard InChI is InChI=1S/C17H17IN2O4/c1-3-24-13-6-4-5-11(9-13)16(21)19-20-17(22)12-7-8-15(23-2)14(18)10-12/h4-10H,3H2,1-2H3,(H,19,21)(H,20,22). The van der Waals surface area contributed by atoms with E-state index >= 15 is 0 Å². The number of methoxy groups -OCH3 is 1. The Bertz CT molecular complexity index is 749. The maximum Gasteiger partial charge on any atom is 0.269 e. The summed E-state index contributed by atoms with van der Waals surface area (Å²) in [5.74, 6) is 0.447. The van der Waals surface area contributed by atoms with Crippen molar-refractivity contribution in [3.8, 4) is 11.5 Å². The Morgan fingerprint density at radius 1 is 1.04 bits per heavy atom. The molecular weight excluding hydrogens is 423 g/mol. The first-order chi connectivity index (χ1) is 11.5. The highest BCUT2D eigenvalue weighted by molar-refractivity contribution is 14.1. The summed E-state index contributed by atoms with van der Waals surface area (Å²) in [4.78, 5) is 24.2. The zero-order valence-electron chi connectivity index (χ0n) is 13.3. The van der Waals surface area contributed by atoms with Gasteiger partial charge in [-0.2, -0.15) is 0 Å². The van der Waals surface area contributed by atoms with Crippen molar-refractivity contribution in [1.29, 1.82) is 0 Å². The van der Waals surface area contributed by atoms with Crippen LogP contribution in [0.4, 0.5) is 0 Å². The van der Waals surface area contributed by atoms with Crippen LogP contribution in [0.15, 0.2) is 42.5 Å². The summed E-state index contributed by atoms with van der Waals surface area (Å²) in [5.41, 5.74) is 5.59. The molecule has 6 nitrogen and oxygen atoms in total. The Morgan fingerprint density at radius 2 is 1.71 bits per heavy atom. The van der Waals surface area contributed by atoms with E-state index in [1.807, 2.05) is 6.92 Å². The third-order valence-corrected chi connectivity index (χ3v) is 3.95. The highest BCUT2D eigenvalue weighted by Gasteiger charge is 2.11. The van der Waals surface area contributed by atoms with E-state index in [4.69, 9.17) is 9.47 Å². The molecule has 24 heavy (non-hydrogen) atoms. The maximum absolute atomic E-state index is 12.1. The van der Waals surface area contributed by atoms with Gasteiger partial charge >= 0.3 is 0 Å². The lowest BCUT2D eigenvalue weighted by Crippen LogP contribution is -2.41.